The molecule has 2 N–H and O–H groups in total. The Morgan fingerprint density at radius 1 is 1.39 bits per heavy atom. The number of carbonyl (C=O) groups excluding carboxylic acids is 1. The molecule has 0 radical (unpaired) electrons. The monoisotopic (exact) mass is 320 g/mol. The van der Waals surface area contributed by atoms with Crippen LogP contribution in [-0.2, 0) is 11.3 Å². The van der Waals surface area contributed by atoms with Gasteiger partial charge in [-0.05, 0) is 36.6 Å². The van der Waals surface area contributed by atoms with Crippen LogP contribution in [0.1, 0.15) is 24.8 Å². The van der Waals surface area contributed by atoms with Crippen molar-refractivity contribution in [3.8, 4) is 5.75 Å². The minimum absolute atomic E-state index is 0.157. The van der Waals surface area contributed by atoms with Crippen LogP contribution in [0, 0.1) is 0 Å². The molecule has 1 unspecified atom stereocenters. The van der Waals surface area contributed by atoms with Crippen molar-refractivity contribution in [3.05, 3.63) is 23.8 Å². The average molecular weight is 320 g/mol. The van der Waals surface area contributed by atoms with Gasteiger partial charge >= 0.3 is 0 Å². The molecule has 1 atom stereocenters. The number of nitrogens with zero attached hydrogens (tertiary/aromatic N) is 2. The van der Waals surface area contributed by atoms with Gasteiger partial charge in [-0.25, -0.2) is 0 Å². The lowest BCUT2D eigenvalue weighted by molar-refractivity contribution is -0.132. The first-order valence-corrected chi connectivity index (χ1v) is 8.12. The number of hydrogen-bond acceptors (Lipinski definition) is 5. The number of rotatable bonds is 5. The standard InChI is InChI=1S/C17H24N2O4/c1-23-15-4-5-16-12(8-15)9-19(13-2-3-13)17(22)6-7-18(16)10-14(21)11-20/h4-5,8,13-14,20-21H,2-3,6-7,9-11H2,1H3. The highest BCUT2D eigenvalue weighted by Crippen LogP contribution is 2.34. The van der Waals surface area contributed by atoms with Crippen LogP contribution >= 0.6 is 0 Å². The predicted octanol–water partition coefficient (Wildman–Crippen LogP) is 0.749. The highest BCUT2D eigenvalue weighted by Gasteiger charge is 2.34. The third-order valence-corrected chi connectivity index (χ3v) is 4.51. The summed E-state index contributed by atoms with van der Waals surface area (Å²) in [5, 5.41) is 18.9. The van der Waals surface area contributed by atoms with Gasteiger partial charge < -0.3 is 24.7 Å². The molecule has 3 rings (SSSR count). The first-order valence-electron chi connectivity index (χ1n) is 8.12. The number of aliphatic hydroxyl groups is 2. The summed E-state index contributed by atoms with van der Waals surface area (Å²) in [6.45, 7) is 1.14. The van der Waals surface area contributed by atoms with Crippen molar-refractivity contribution < 1.29 is 19.7 Å². The molecule has 23 heavy (non-hydrogen) atoms. The zero-order valence-corrected chi connectivity index (χ0v) is 13.4. The van der Waals surface area contributed by atoms with E-state index in [0.717, 1.165) is 29.8 Å². The molecule has 1 saturated carbocycles. The Kier molecular flexibility index (Phi) is 4.73. The molecule has 2 aliphatic rings. The summed E-state index contributed by atoms with van der Waals surface area (Å²) < 4.78 is 5.32. The summed E-state index contributed by atoms with van der Waals surface area (Å²) in [4.78, 5) is 16.4. The molecule has 0 aromatic heterocycles. The van der Waals surface area contributed by atoms with Crippen LogP contribution in [0.5, 0.6) is 5.75 Å². The number of fused-ring (bicyclic) bond motifs is 1. The molecule has 1 heterocycles. The van der Waals surface area contributed by atoms with Gasteiger partial charge in [0.25, 0.3) is 0 Å². The average Bonchev–Trinajstić information content (AvgIpc) is 3.39. The van der Waals surface area contributed by atoms with E-state index in [1.54, 1.807) is 7.11 Å². The number of methoxy groups -OCH3 is 1. The molecule has 1 aliphatic heterocycles. The van der Waals surface area contributed by atoms with E-state index in [4.69, 9.17) is 9.84 Å². The minimum atomic E-state index is -0.820. The third-order valence-electron chi connectivity index (χ3n) is 4.51. The molecule has 1 aromatic rings. The maximum Gasteiger partial charge on any atom is 0.224 e. The summed E-state index contributed by atoms with van der Waals surface area (Å²) >= 11 is 0. The van der Waals surface area contributed by atoms with Gasteiger partial charge in [-0.15, -0.1) is 0 Å². The fraction of sp³-hybridized carbons (Fsp3) is 0.588. The van der Waals surface area contributed by atoms with Crippen LogP contribution in [0.4, 0.5) is 5.69 Å². The number of amides is 1. The van der Waals surface area contributed by atoms with E-state index < -0.39 is 6.10 Å². The van der Waals surface area contributed by atoms with Crippen molar-refractivity contribution in [1.82, 2.24) is 4.90 Å². The molecule has 0 spiro atoms. The molecule has 1 fully saturated rings. The van der Waals surface area contributed by atoms with Gasteiger partial charge in [0.1, 0.15) is 5.75 Å². The Morgan fingerprint density at radius 2 is 2.17 bits per heavy atom. The quantitative estimate of drug-likeness (QED) is 0.837. The van der Waals surface area contributed by atoms with Gasteiger partial charge in [0, 0.05) is 37.8 Å². The van der Waals surface area contributed by atoms with Gasteiger partial charge in [-0.2, -0.15) is 0 Å². The number of β-amino-alcohol motifs (C(OH)–C–C–N with tert-alkyl or cyclic N) is 1. The molecule has 0 saturated heterocycles. The minimum Gasteiger partial charge on any atom is -0.497 e. The van der Waals surface area contributed by atoms with E-state index in [-0.39, 0.29) is 12.5 Å². The largest absolute Gasteiger partial charge is 0.497 e. The molecule has 126 valence electrons. The van der Waals surface area contributed by atoms with E-state index in [9.17, 15) is 9.90 Å². The summed E-state index contributed by atoms with van der Waals surface area (Å²) in [6.07, 6.45) is 1.77. The molecule has 6 heteroatoms. The second-order valence-corrected chi connectivity index (χ2v) is 6.28. The molecular weight excluding hydrogens is 296 g/mol. The summed E-state index contributed by atoms with van der Waals surface area (Å²) in [5.74, 6) is 0.916. The fourth-order valence-electron chi connectivity index (χ4n) is 3.11. The lowest BCUT2D eigenvalue weighted by Crippen LogP contribution is -2.42. The first-order chi connectivity index (χ1) is 11.1. The van der Waals surface area contributed by atoms with Crippen molar-refractivity contribution in [2.24, 2.45) is 0 Å². The number of ether oxygens (including phenoxy) is 1. The Labute approximate surface area is 136 Å². The second kappa shape index (κ2) is 6.76. The number of anilines is 1. The number of benzene rings is 1. The Hall–Kier alpha value is -1.79. The van der Waals surface area contributed by atoms with E-state index in [0.29, 0.717) is 32.1 Å². The van der Waals surface area contributed by atoms with Crippen molar-refractivity contribution >= 4 is 11.6 Å². The SMILES string of the molecule is COc1ccc2c(c1)CN(C1CC1)C(=O)CCN2CC(O)CO. The zero-order valence-electron chi connectivity index (χ0n) is 13.4. The van der Waals surface area contributed by atoms with Gasteiger partial charge in [-0.3, -0.25) is 4.79 Å². The van der Waals surface area contributed by atoms with Crippen LogP contribution in [0.2, 0.25) is 0 Å². The Bertz CT molecular complexity index is 574. The van der Waals surface area contributed by atoms with E-state index in [1.807, 2.05) is 28.0 Å². The third kappa shape index (κ3) is 3.59. The maximum atomic E-state index is 12.5. The summed E-state index contributed by atoms with van der Waals surface area (Å²) in [7, 11) is 1.63. The van der Waals surface area contributed by atoms with Crippen LogP contribution in [0.3, 0.4) is 0 Å². The summed E-state index contributed by atoms with van der Waals surface area (Å²) in [5.41, 5.74) is 2.02. The van der Waals surface area contributed by atoms with Crippen LogP contribution in [0.15, 0.2) is 18.2 Å². The fourth-order valence-corrected chi connectivity index (χ4v) is 3.11. The number of hydrogen-bond donors (Lipinski definition) is 2. The van der Waals surface area contributed by atoms with Crippen LogP contribution in [-0.4, -0.2) is 60.0 Å². The Morgan fingerprint density at radius 3 is 2.83 bits per heavy atom. The number of aliphatic hydroxyl groups excluding tert-OH is 2. The van der Waals surface area contributed by atoms with Crippen molar-refractivity contribution in [2.45, 2.75) is 38.0 Å². The van der Waals surface area contributed by atoms with E-state index >= 15 is 0 Å². The topological polar surface area (TPSA) is 73.2 Å². The highest BCUT2D eigenvalue weighted by atomic mass is 16.5. The lowest BCUT2D eigenvalue weighted by Gasteiger charge is -2.34. The van der Waals surface area contributed by atoms with E-state index in [1.165, 1.54) is 0 Å². The number of carbonyl (C=O) groups is 1. The van der Waals surface area contributed by atoms with Crippen molar-refractivity contribution in [2.75, 3.05) is 31.7 Å². The molecule has 1 aliphatic carbocycles. The van der Waals surface area contributed by atoms with Gasteiger partial charge in [0.05, 0.1) is 19.8 Å². The van der Waals surface area contributed by atoms with E-state index in [2.05, 4.69) is 0 Å². The van der Waals surface area contributed by atoms with Gasteiger partial charge in [-0.1, -0.05) is 0 Å². The predicted molar refractivity (Wildman–Crippen MR) is 86.5 cm³/mol. The molecule has 0 bridgehead atoms. The van der Waals surface area contributed by atoms with Crippen molar-refractivity contribution in [3.63, 3.8) is 0 Å². The molecular formula is C17H24N2O4. The molecule has 1 amide bonds. The molecule has 6 nitrogen and oxygen atoms in total. The van der Waals surface area contributed by atoms with Gasteiger partial charge in [0.15, 0.2) is 0 Å². The normalized spacial score (nSPS) is 19.9. The maximum absolute atomic E-state index is 12.5. The van der Waals surface area contributed by atoms with Gasteiger partial charge in [0.2, 0.25) is 5.91 Å². The van der Waals surface area contributed by atoms with Crippen LogP contribution < -0.4 is 9.64 Å². The zero-order chi connectivity index (χ0) is 16.4. The summed E-state index contributed by atoms with van der Waals surface area (Å²) in [6, 6.07) is 6.19. The Balaban J connectivity index is 1.93. The van der Waals surface area contributed by atoms with Crippen molar-refractivity contribution in [1.29, 1.82) is 0 Å². The molecule has 1 aromatic carbocycles. The lowest BCUT2D eigenvalue weighted by atomic mass is 10.1. The smallest absolute Gasteiger partial charge is 0.224 e. The van der Waals surface area contributed by atoms with Crippen LogP contribution in [0.25, 0.3) is 0 Å². The first kappa shape index (κ1) is 16.1. The second-order valence-electron chi connectivity index (χ2n) is 6.28. The highest BCUT2D eigenvalue weighted by molar-refractivity contribution is 5.78.